The van der Waals surface area contributed by atoms with E-state index in [0.29, 0.717) is 0 Å². The van der Waals surface area contributed by atoms with Gasteiger partial charge in [-0.1, -0.05) is 11.6 Å². The lowest BCUT2D eigenvalue weighted by molar-refractivity contribution is 0.838. The van der Waals surface area contributed by atoms with Crippen LogP contribution < -0.4 is 10.6 Å². The molecule has 0 saturated heterocycles. The molecule has 0 unspecified atom stereocenters. The van der Waals surface area contributed by atoms with Gasteiger partial charge in [-0.05, 0) is 0 Å². The topological polar surface area (TPSA) is 24.1 Å². The first-order valence-corrected chi connectivity index (χ1v) is 3.82. The molecule has 2 nitrogen and oxygen atoms in total. The lowest BCUT2D eigenvalue weighted by Crippen LogP contribution is -2.20. The van der Waals surface area contributed by atoms with E-state index in [1.165, 1.54) is 0 Å². The van der Waals surface area contributed by atoms with Gasteiger partial charge < -0.3 is 10.6 Å². The average Bonchev–Trinajstić information content (AvgIpc) is 1.69. The second-order valence-electron chi connectivity index (χ2n) is 1.41. The Kier molecular flexibility index (Phi) is 3.73. The van der Waals surface area contributed by atoms with Gasteiger partial charge in [-0.15, -0.1) is 0 Å². The Balaban J connectivity index is 3.86. The van der Waals surface area contributed by atoms with Gasteiger partial charge in [-0.25, -0.2) is 0 Å². The van der Waals surface area contributed by atoms with Gasteiger partial charge in [0.15, 0.2) is 0 Å². The predicted octanol–water partition coefficient (Wildman–Crippen LogP) is -0.844. The van der Waals surface area contributed by atoms with Crippen molar-refractivity contribution in [3.8, 4) is 0 Å². The van der Waals surface area contributed by atoms with Gasteiger partial charge in [0, 0.05) is 18.8 Å². The number of halogens is 1. The molecule has 2 N–H and O–H groups in total. The summed E-state index contributed by atoms with van der Waals surface area (Å²) in [6.45, 7) is 0. The van der Waals surface area contributed by atoms with E-state index in [1.807, 2.05) is 14.1 Å². The van der Waals surface area contributed by atoms with E-state index in [4.69, 9.17) is 11.6 Å². The Morgan fingerprint density at radius 2 is 1.75 bits per heavy atom. The first-order valence-electron chi connectivity index (χ1n) is 2.44. The Labute approximate surface area is 57.7 Å². The lowest BCUT2D eigenvalue weighted by atomic mass is 10.8. The van der Waals surface area contributed by atoms with Crippen LogP contribution in [0, 0.1) is 0 Å². The first kappa shape index (κ1) is 7.85. The maximum Gasteiger partial charge on any atom is 0.108 e. The van der Waals surface area contributed by atoms with E-state index in [2.05, 4.69) is 10.6 Å². The molecule has 0 saturated carbocycles. The highest BCUT2D eigenvalue weighted by Gasteiger charge is 1.89. The molecule has 0 bridgehead atoms. The summed E-state index contributed by atoms with van der Waals surface area (Å²) in [5.74, 6) is 0.929. The second-order valence-corrected chi connectivity index (χ2v) is 3.61. The minimum absolute atomic E-state index is 0.884. The normalized spacial score (nSPS) is 8.38. The molecule has 8 heavy (non-hydrogen) atoms. The van der Waals surface area contributed by atoms with Gasteiger partial charge in [0.2, 0.25) is 0 Å². The molecule has 0 aromatic rings. The molecule has 0 aromatic carbocycles. The highest BCUT2D eigenvalue weighted by atomic mass is 35.5. The van der Waals surface area contributed by atoms with E-state index in [1.54, 1.807) is 0 Å². The fourth-order valence-electron chi connectivity index (χ4n) is 0.469. The zero-order valence-corrected chi connectivity index (χ0v) is 8.13. The molecule has 4 heteroatoms. The summed E-state index contributed by atoms with van der Waals surface area (Å²) >= 11 is 5.66. The molecule has 0 aromatic heterocycles. The quantitative estimate of drug-likeness (QED) is 0.502. The monoisotopic (exact) mass is 150 g/mol. The lowest BCUT2D eigenvalue weighted by Gasteiger charge is -2.04. The Bertz CT molecular complexity index is 92.2. The van der Waals surface area contributed by atoms with E-state index >= 15 is 0 Å². The largest absolute Gasteiger partial charge is 0.374 e. The van der Waals surface area contributed by atoms with Crippen LogP contribution in [0.5, 0.6) is 0 Å². The summed E-state index contributed by atoms with van der Waals surface area (Å²) < 4.78 is 0.884. The molecule has 0 heterocycles. The first-order chi connectivity index (χ1) is 3.72. The van der Waals surface area contributed by atoms with Crippen molar-refractivity contribution in [1.29, 1.82) is 0 Å². The van der Waals surface area contributed by atoms with Crippen LogP contribution in [0.15, 0.2) is 10.5 Å². The van der Waals surface area contributed by atoms with E-state index < -0.39 is 0 Å². The minimum atomic E-state index is 0.884. The van der Waals surface area contributed by atoms with Crippen molar-refractivity contribution in [1.82, 2.24) is 10.6 Å². The molecule has 0 aliphatic rings. The number of hydrogen-bond donors (Lipinski definition) is 2. The van der Waals surface area contributed by atoms with Crippen LogP contribution in [0.3, 0.4) is 0 Å². The van der Waals surface area contributed by atoms with Gasteiger partial charge in [0.05, 0.1) is 10.2 Å². The van der Waals surface area contributed by atoms with Crippen LogP contribution >= 0.6 is 11.6 Å². The van der Waals surface area contributed by atoms with Crippen molar-refractivity contribution in [3.63, 3.8) is 0 Å². The molecular weight excluding hydrogens is 140 g/mol. The predicted molar refractivity (Wildman–Crippen MR) is 40.9 cm³/mol. The smallest absolute Gasteiger partial charge is 0.108 e. The fourth-order valence-corrected chi connectivity index (χ4v) is 1.16. The van der Waals surface area contributed by atoms with E-state index in [0.717, 1.165) is 20.7 Å². The summed E-state index contributed by atoms with van der Waals surface area (Å²) in [7, 11) is 4.57. The number of rotatable bonds is 2. The number of hydrogen-bond acceptors (Lipinski definition) is 2. The molecule has 0 aliphatic heterocycles. The van der Waals surface area contributed by atoms with Gasteiger partial charge in [-0.2, -0.15) is 0 Å². The number of nitrogens with one attached hydrogen (secondary N) is 2. The fraction of sp³-hybridized carbons (Fsp3) is 0.500. The van der Waals surface area contributed by atoms with Gasteiger partial charge >= 0.3 is 0 Å². The SMILES string of the molecule is CNC(NC)=C([SiH3])Cl. The third-order valence-corrected chi connectivity index (χ3v) is 1.53. The molecule has 48 valence electrons. The Morgan fingerprint density at radius 1 is 1.38 bits per heavy atom. The summed E-state index contributed by atoms with van der Waals surface area (Å²) in [5, 5.41) is 5.84. The van der Waals surface area contributed by atoms with Crippen molar-refractivity contribution in [2.45, 2.75) is 0 Å². The highest BCUT2D eigenvalue weighted by Crippen LogP contribution is 1.95. The third-order valence-electron chi connectivity index (χ3n) is 0.844. The van der Waals surface area contributed by atoms with Gasteiger partial charge in [-0.3, -0.25) is 0 Å². The zero-order chi connectivity index (χ0) is 6.57. The zero-order valence-electron chi connectivity index (χ0n) is 5.38. The van der Waals surface area contributed by atoms with Crippen LogP contribution in [0.4, 0.5) is 0 Å². The maximum absolute atomic E-state index is 5.66. The van der Waals surface area contributed by atoms with Crippen molar-refractivity contribution in [3.05, 3.63) is 10.5 Å². The Hall–Kier alpha value is -0.153. The summed E-state index contributed by atoms with van der Waals surface area (Å²) in [5.41, 5.74) is 0. The molecule has 0 spiro atoms. The van der Waals surface area contributed by atoms with Gasteiger partial charge in [0.1, 0.15) is 5.82 Å². The minimum Gasteiger partial charge on any atom is -0.374 e. The molecule has 0 radical (unpaired) electrons. The van der Waals surface area contributed by atoms with Crippen LogP contribution in [-0.2, 0) is 0 Å². The van der Waals surface area contributed by atoms with Gasteiger partial charge in [0.25, 0.3) is 0 Å². The van der Waals surface area contributed by atoms with Crippen LogP contribution in [0.2, 0.25) is 0 Å². The van der Waals surface area contributed by atoms with Crippen molar-refractivity contribution in [2.75, 3.05) is 14.1 Å². The van der Waals surface area contributed by atoms with E-state index in [-0.39, 0.29) is 0 Å². The van der Waals surface area contributed by atoms with Crippen molar-refractivity contribution >= 4 is 21.8 Å². The molecule has 0 fully saturated rings. The average molecular weight is 151 g/mol. The molecule has 0 atom stereocenters. The summed E-state index contributed by atoms with van der Waals surface area (Å²) in [4.78, 5) is 0. The molecular formula is C4H11ClN2Si. The summed E-state index contributed by atoms with van der Waals surface area (Å²) in [6.07, 6.45) is 0. The summed E-state index contributed by atoms with van der Waals surface area (Å²) in [6, 6.07) is 0. The Morgan fingerprint density at radius 3 is 1.75 bits per heavy atom. The molecule has 0 aliphatic carbocycles. The third kappa shape index (κ3) is 2.23. The van der Waals surface area contributed by atoms with E-state index in [9.17, 15) is 0 Å². The van der Waals surface area contributed by atoms with Crippen LogP contribution in [0.25, 0.3) is 0 Å². The standard InChI is InChI=1S/C4H11ClN2Si/c1-6-4(7-2)3(5)8/h6-7H,1-2,8H3. The highest BCUT2D eigenvalue weighted by molar-refractivity contribution is 6.52. The maximum atomic E-state index is 5.66. The van der Waals surface area contributed by atoms with Crippen LogP contribution in [0.1, 0.15) is 0 Å². The molecule has 0 amide bonds. The van der Waals surface area contributed by atoms with Crippen molar-refractivity contribution < 1.29 is 0 Å². The van der Waals surface area contributed by atoms with Crippen molar-refractivity contribution in [2.24, 2.45) is 0 Å². The molecule has 0 rings (SSSR count). The van der Waals surface area contributed by atoms with Crippen LogP contribution in [-0.4, -0.2) is 24.3 Å². The second kappa shape index (κ2) is 3.80.